The second kappa shape index (κ2) is 9.49. The predicted molar refractivity (Wildman–Crippen MR) is 108 cm³/mol. The number of halogens is 6. The number of aromatic nitrogens is 2. The lowest BCUT2D eigenvalue weighted by molar-refractivity contribution is -0.643. The van der Waals surface area contributed by atoms with E-state index in [9.17, 15) is 28.2 Å². The van der Waals surface area contributed by atoms with Gasteiger partial charge in [0.1, 0.15) is 11.2 Å². The van der Waals surface area contributed by atoms with Crippen LogP contribution >= 0.6 is 43.2 Å². The van der Waals surface area contributed by atoms with Gasteiger partial charge in [-0.3, -0.25) is 10.1 Å². The molecule has 0 saturated carbocycles. The minimum Gasteiger partial charge on any atom is -0.459 e. The summed E-state index contributed by atoms with van der Waals surface area (Å²) in [6.07, 6.45) is -3.89. The second-order valence-corrected chi connectivity index (χ2v) is 7.52. The molecule has 2 N–H and O–H groups in total. The molecule has 2 aromatic rings. The molecule has 162 valence electrons. The fourth-order valence-electron chi connectivity index (χ4n) is 2.27. The summed E-state index contributed by atoms with van der Waals surface area (Å²) >= 11 is 17.8. The number of H-pyrrole nitrogens is 1. The first-order chi connectivity index (χ1) is 13.9. The summed E-state index contributed by atoms with van der Waals surface area (Å²) in [5.74, 6) is -0.533. The molecule has 0 amide bonds. The summed E-state index contributed by atoms with van der Waals surface area (Å²) < 4.78 is 45.6. The molecule has 0 aliphatic rings. The van der Waals surface area contributed by atoms with Crippen LogP contribution in [0.15, 0.2) is 17.3 Å². The molecule has 15 heteroatoms. The zero-order valence-corrected chi connectivity index (χ0v) is 18.3. The molecule has 2 rings (SSSR count). The molecule has 1 heterocycles. The van der Waals surface area contributed by atoms with E-state index in [1.807, 2.05) is 0 Å². The summed E-state index contributed by atoms with van der Waals surface area (Å²) in [6.45, 7) is 3.21. The Labute approximate surface area is 183 Å². The van der Waals surface area contributed by atoms with E-state index in [0.29, 0.717) is 6.07 Å². The standard InChI is InChI=1S/C15H11Cl3F3N4O4P/c1-3-29-14(6(2)30-28)23-13-9(25(26)27)5-22-24(13)12-8(16)4-7(15(19,20)21)10(17)11(12)18/h4-5H,3H2,1-2H3,(H,22,23,28)/p+1. The average molecular weight is 507 g/mol. The molecule has 8 nitrogen and oxygen atoms in total. The molecule has 0 aliphatic heterocycles. The minimum atomic E-state index is -4.83. The number of nitrogens with one attached hydrogen (secondary N) is 1. The van der Waals surface area contributed by atoms with Crippen LogP contribution in [0, 0.1) is 10.1 Å². The van der Waals surface area contributed by atoms with Gasteiger partial charge in [0, 0.05) is 4.99 Å². The van der Waals surface area contributed by atoms with Crippen molar-refractivity contribution in [2.45, 2.75) is 20.0 Å². The number of hydrogen-bond donors (Lipinski definition) is 2. The van der Waals surface area contributed by atoms with Gasteiger partial charge in [0.15, 0.2) is 5.69 Å². The lowest BCUT2D eigenvalue weighted by Gasteiger charge is -2.12. The maximum absolute atomic E-state index is 13.1. The van der Waals surface area contributed by atoms with Crippen molar-refractivity contribution >= 4 is 65.9 Å². The van der Waals surface area contributed by atoms with Crippen molar-refractivity contribution in [3.63, 3.8) is 0 Å². The van der Waals surface area contributed by atoms with Crippen LogP contribution in [-0.2, 0) is 10.9 Å². The van der Waals surface area contributed by atoms with E-state index in [-0.39, 0.29) is 31.9 Å². The minimum absolute atomic E-state index is 0.123. The van der Waals surface area contributed by atoms with Gasteiger partial charge in [-0.25, -0.2) is 5.10 Å². The Balaban J connectivity index is 2.86. The SMILES string of the molecule is CCOC(=Nc1c([N+](=O)[O-])c[nH][n+]1-c1c(Cl)cc(C(F)(F)F)c(Cl)c1Cl)C(C)=PO. The molecule has 0 unspecified atom stereocenters. The third kappa shape index (κ3) is 4.87. The highest BCUT2D eigenvalue weighted by molar-refractivity contribution is 7.37. The van der Waals surface area contributed by atoms with Crippen molar-refractivity contribution in [2.24, 2.45) is 4.99 Å². The van der Waals surface area contributed by atoms with E-state index in [1.54, 1.807) is 6.92 Å². The molecule has 1 aromatic heterocycles. The fourth-order valence-corrected chi connectivity index (χ4v) is 3.34. The predicted octanol–water partition coefficient (Wildman–Crippen LogP) is 5.29. The highest BCUT2D eigenvalue weighted by atomic mass is 35.5. The maximum atomic E-state index is 13.1. The van der Waals surface area contributed by atoms with E-state index in [4.69, 9.17) is 39.5 Å². The number of aliphatic imine (C=N–C) groups is 1. The Hall–Kier alpha value is -1.91. The molecular weight excluding hydrogens is 495 g/mol. The number of aromatic amines is 1. The molecule has 30 heavy (non-hydrogen) atoms. The van der Waals surface area contributed by atoms with Crippen LogP contribution in [-0.4, -0.2) is 32.7 Å². The van der Waals surface area contributed by atoms with Crippen LogP contribution in [0.3, 0.4) is 0 Å². The van der Waals surface area contributed by atoms with Gasteiger partial charge in [0.25, 0.3) is 0 Å². The molecular formula is C15H12Cl3F3N4O4P+. The molecule has 0 spiro atoms. The number of nitro groups is 1. The first-order valence-electron chi connectivity index (χ1n) is 7.87. The molecule has 0 saturated heterocycles. The lowest BCUT2D eigenvalue weighted by atomic mass is 10.2. The zero-order chi connectivity index (χ0) is 22.8. The number of nitrogens with zero attached hydrogens (tertiary/aromatic N) is 3. The number of rotatable bonds is 5. The van der Waals surface area contributed by atoms with E-state index in [0.717, 1.165) is 10.9 Å². The molecule has 0 fully saturated rings. The maximum Gasteiger partial charge on any atom is 0.431 e. The Bertz CT molecular complexity index is 1060. The monoisotopic (exact) mass is 505 g/mol. The Kier molecular flexibility index (Phi) is 7.70. The summed E-state index contributed by atoms with van der Waals surface area (Å²) in [5.41, 5.74) is -2.12. The van der Waals surface area contributed by atoms with Crippen molar-refractivity contribution in [1.29, 1.82) is 0 Å². The van der Waals surface area contributed by atoms with Gasteiger partial charge >= 0.3 is 23.6 Å². The van der Waals surface area contributed by atoms with Crippen LogP contribution in [0.2, 0.25) is 15.1 Å². The van der Waals surface area contributed by atoms with Gasteiger partial charge in [0.2, 0.25) is 0 Å². The van der Waals surface area contributed by atoms with Crippen LogP contribution in [0.4, 0.5) is 24.7 Å². The third-order valence-corrected chi connectivity index (χ3v) is 5.22. The number of hydrogen-bond acceptors (Lipinski definition) is 5. The molecule has 0 atom stereocenters. The van der Waals surface area contributed by atoms with E-state index >= 15 is 0 Å². The fraction of sp³-hybridized carbons (Fsp3) is 0.267. The van der Waals surface area contributed by atoms with Gasteiger partial charge in [0.05, 0.1) is 40.9 Å². The summed E-state index contributed by atoms with van der Waals surface area (Å²) in [7, 11) is -0.203. The normalized spacial score (nSPS) is 13.0. The first-order valence-corrected chi connectivity index (χ1v) is 9.85. The van der Waals surface area contributed by atoms with E-state index < -0.39 is 43.2 Å². The second-order valence-electron chi connectivity index (χ2n) is 5.49. The van der Waals surface area contributed by atoms with Crippen molar-refractivity contribution in [3.05, 3.63) is 43.0 Å². The summed E-state index contributed by atoms with van der Waals surface area (Å²) in [6, 6.07) is 0.547. The van der Waals surface area contributed by atoms with Gasteiger partial charge in [-0.1, -0.05) is 34.8 Å². The van der Waals surface area contributed by atoms with Crippen molar-refractivity contribution in [3.8, 4) is 5.69 Å². The number of alkyl halides is 3. The quantitative estimate of drug-likeness (QED) is 0.109. The van der Waals surface area contributed by atoms with Crippen molar-refractivity contribution < 1.29 is 32.4 Å². The lowest BCUT2D eigenvalue weighted by Crippen LogP contribution is -2.34. The van der Waals surface area contributed by atoms with Crippen LogP contribution in [0.25, 0.3) is 5.69 Å². The van der Waals surface area contributed by atoms with Crippen LogP contribution in [0.1, 0.15) is 19.4 Å². The van der Waals surface area contributed by atoms with Gasteiger partial charge in [-0.2, -0.15) is 13.2 Å². The van der Waals surface area contributed by atoms with Gasteiger partial charge in [-0.05, 0) is 19.9 Å². The highest BCUT2D eigenvalue weighted by Crippen LogP contribution is 2.43. The topological polar surface area (TPSA) is 105 Å². The molecule has 1 aromatic carbocycles. The smallest absolute Gasteiger partial charge is 0.431 e. The largest absolute Gasteiger partial charge is 0.459 e. The molecule has 0 aliphatic carbocycles. The number of ether oxygens (including phenoxy) is 1. The van der Waals surface area contributed by atoms with Gasteiger partial charge < -0.3 is 9.63 Å². The van der Waals surface area contributed by atoms with Crippen LogP contribution < -0.4 is 4.68 Å². The van der Waals surface area contributed by atoms with Crippen molar-refractivity contribution in [1.82, 2.24) is 5.10 Å². The van der Waals surface area contributed by atoms with Gasteiger partial charge in [-0.15, -0.1) is 4.68 Å². The Morgan fingerprint density at radius 2 is 2.03 bits per heavy atom. The summed E-state index contributed by atoms with van der Waals surface area (Å²) in [4.78, 5) is 24.0. The number of benzene rings is 1. The zero-order valence-electron chi connectivity index (χ0n) is 15.1. The van der Waals surface area contributed by atoms with E-state index in [2.05, 4.69) is 10.1 Å². The Morgan fingerprint density at radius 1 is 1.40 bits per heavy atom. The third-order valence-electron chi connectivity index (χ3n) is 3.58. The van der Waals surface area contributed by atoms with Crippen molar-refractivity contribution in [2.75, 3.05) is 6.61 Å². The molecule has 0 bridgehead atoms. The van der Waals surface area contributed by atoms with Crippen LogP contribution in [0.5, 0.6) is 0 Å². The Morgan fingerprint density at radius 3 is 2.53 bits per heavy atom. The summed E-state index contributed by atoms with van der Waals surface area (Å²) in [5, 5.41) is 12.2. The first kappa shape index (κ1) is 24.4. The van der Waals surface area contributed by atoms with E-state index in [1.165, 1.54) is 6.92 Å². The molecule has 0 radical (unpaired) electrons. The highest BCUT2D eigenvalue weighted by Gasteiger charge is 2.39. The average Bonchev–Trinajstić information content (AvgIpc) is 3.06.